The monoisotopic (exact) mass is 242 g/mol. The zero-order valence-corrected chi connectivity index (χ0v) is 9.48. The van der Waals surface area contributed by atoms with Crippen molar-refractivity contribution in [3.05, 3.63) is 47.5 Å². The largest absolute Gasteiger partial charge is 0.423 e. The van der Waals surface area contributed by atoms with Gasteiger partial charge in [0.15, 0.2) is 5.58 Å². The number of para-hydroxylation sites is 3. The maximum Gasteiger partial charge on any atom is 0.307 e. The molecule has 4 heteroatoms. The molecular formula is C13H7ClN2O. The van der Waals surface area contributed by atoms with Crippen molar-refractivity contribution in [1.82, 2.24) is 9.38 Å². The van der Waals surface area contributed by atoms with Gasteiger partial charge in [0.1, 0.15) is 0 Å². The zero-order chi connectivity index (χ0) is 11.4. The van der Waals surface area contributed by atoms with Gasteiger partial charge in [0.25, 0.3) is 0 Å². The molecule has 0 unspecified atom stereocenters. The van der Waals surface area contributed by atoms with E-state index in [0.717, 1.165) is 22.1 Å². The summed E-state index contributed by atoms with van der Waals surface area (Å²) in [6.45, 7) is 0. The SMILES string of the molecule is Clc1cccc2nc3oc4ccccc4n3c12. The van der Waals surface area contributed by atoms with E-state index in [-0.39, 0.29) is 0 Å². The minimum absolute atomic E-state index is 0.578. The summed E-state index contributed by atoms with van der Waals surface area (Å²) >= 11 is 6.23. The van der Waals surface area contributed by atoms with E-state index < -0.39 is 0 Å². The Morgan fingerprint density at radius 2 is 1.94 bits per heavy atom. The molecule has 0 spiro atoms. The van der Waals surface area contributed by atoms with Gasteiger partial charge in [-0.15, -0.1) is 0 Å². The molecule has 0 fully saturated rings. The fraction of sp³-hybridized carbons (Fsp3) is 0. The first-order valence-corrected chi connectivity index (χ1v) is 5.66. The maximum atomic E-state index is 6.23. The molecule has 17 heavy (non-hydrogen) atoms. The van der Waals surface area contributed by atoms with Crippen LogP contribution in [0.25, 0.3) is 28.0 Å². The van der Waals surface area contributed by atoms with Crippen molar-refractivity contribution in [1.29, 1.82) is 0 Å². The number of aromatic nitrogens is 2. The van der Waals surface area contributed by atoms with E-state index in [2.05, 4.69) is 4.98 Å². The van der Waals surface area contributed by atoms with E-state index in [0.29, 0.717) is 10.9 Å². The molecule has 0 saturated carbocycles. The molecule has 0 aliphatic rings. The van der Waals surface area contributed by atoms with Crippen LogP contribution in [-0.4, -0.2) is 9.38 Å². The van der Waals surface area contributed by atoms with Crippen LogP contribution < -0.4 is 0 Å². The Kier molecular flexibility index (Phi) is 1.61. The predicted octanol–water partition coefficient (Wildman–Crippen LogP) is 3.89. The number of oxazole rings is 1. The zero-order valence-electron chi connectivity index (χ0n) is 8.72. The maximum absolute atomic E-state index is 6.23. The Morgan fingerprint density at radius 3 is 2.88 bits per heavy atom. The van der Waals surface area contributed by atoms with Gasteiger partial charge >= 0.3 is 5.84 Å². The normalized spacial score (nSPS) is 11.8. The molecule has 0 amide bonds. The molecule has 0 aliphatic heterocycles. The highest BCUT2D eigenvalue weighted by molar-refractivity contribution is 6.35. The Balaban J connectivity index is 2.39. The number of imidazole rings is 1. The quantitative estimate of drug-likeness (QED) is 0.468. The molecule has 0 radical (unpaired) electrons. The van der Waals surface area contributed by atoms with Gasteiger partial charge in [-0.2, -0.15) is 4.98 Å². The topological polar surface area (TPSA) is 30.4 Å². The number of nitrogens with zero attached hydrogens (tertiary/aromatic N) is 2. The van der Waals surface area contributed by atoms with Gasteiger partial charge < -0.3 is 4.42 Å². The second-order valence-electron chi connectivity index (χ2n) is 3.91. The molecule has 0 N–H and O–H groups in total. The van der Waals surface area contributed by atoms with Crippen LogP contribution >= 0.6 is 11.6 Å². The Bertz CT molecular complexity index is 860. The van der Waals surface area contributed by atoms with Gasteiger partial charge in [0, 0.05) is 0 Å². The van der Waals surface area contributed by atoms with Crippen molar-refractivity contribution in [3.8, 4) is 0 Å². The van der Waals surface area contributed by atoms with Crippen LogP contribution in [0.4, 0.5) is 0 Å². The summed E-state index contributed by atoms with van der Waals surface area (Å²) in [5, 5.41) is 0.682. The molecule has 4 aromatic rings. The molecule has 0 aliphatic carbocycles. The molecule has 3 nitrogen and oxygen atoms in total. The van der Waals surface area contributed by atoms with Crippen LogP contribution in [0.15, 0.2) is 46.9 Å². The third-order valence-corrected chi connectivity index (χ3v) is 3.21. The summed E-state index contributed by atoms with van der Waals surface area (Å²) in [6.07, 6.45) is 0. The van der Waals surface area contributed by atoms with E-state index >= 15 is 0 Å². The third-order valence-electron chi connectivity index (χ3n) is 2.90. The van der Waals surface area contributed by atoms with Crippen molar-refractivity contribution in [2.24, 2.45) is 0 Å². The van der Waals surface area contributed by atoms with Gasteiger partial charge in [-0.25, -0.2) is 0 Å². The molecule has 2 heterocycles. The summed E-state index contributed by atoms with van der Waals surface area (Å²) in [5.74, 6) is 0.578. The van der Waals surface area contributed by atoms with Crippen LogP contribution in [0.3, 0.4) is 0 Å². The van der Waals surface area contributed by atoms with Crippen molar-refractivity contribution < 1.29 is 4.42 Å². The predicted molar refractivity (Wildman–Crippen MR) is 67.5 cm³/mol. The Labute approximate surface area is 101 Å². The summed E-state index contributed by atoms with van der Waals surface area (Å²) < 4.78 is 7.64. The Morgan fingerprint density at radius 1 is 1.06 bits per heavy atom. The smallest absolute Gasteiger partial charge is 0.307 e. The number of hydrogen-bond acceptors (Lipinski definition) is 2. The van der Waals surface area contributed by atoms with Crippen molar-refractivity contribution in [2.45, 2.75) is 0 Å². The van der Waals surface area contributed by atoms with Crippen LogP contribution in [0.5, 0.6) is 0 Å². The highest BCUT2D eigenvalue weighted by Crippen LogP contribution is 2.29. The number of rotatable bonds is 0. The minimum Gasteiger partial charge on any atom is -0.423 e. The first-order valence-electron chi connectivity index (χ1n) is 5.29. The summed E-state index contributed by atoms with van der Waals surface area (Å²) in [5.41, 5.74) is 3.55. The standard InChI is InChI=1S/C13H7ClN2O/c14-8-4-3-5-9-12(8)16-10-6-1-2-7-11(10)17-13(16)15-9/h1-7H. The lowest BCUT2D eigenvalue weighted by molar-refractivity contribution is 0.643. The lowest BCUT2D eigenvalue weighted by atomic mass is 10.3. The fourth-order valence-electron chi connectivity index (χ4n) is 2.18. The molecule has 0 saturated heterocycles. The second kappa shape index (κ2) is 3.02. The van der Waals surface area contributed by atoms with E-state index in [1.165, 1.54) is 0 Å². The minimum atomic E-state index is 0.578. The third kappa shape index (κ3) is 1.09. The van der Waals surface area contributed by atoms with E-state index in [1.807, 2.05) is 46.9 Å². The average Bonchev–Trinajstić information content (AvgIpc) is 2.84. The first-order chi connectivity index (χ1) is 8.34. The first kappa shape index (κ1) is 9.07. The Hall–Kier alpha value is -2.00. The van der Waals surface area contributed by atoms with Crippen molar-refractivity contribution in [3.63, 3.8) is 0 Å². The summed E-state index contributed by atoms with van der Waals surface area (Å²) in [7, 11) is 0. The molecule has 2 aromatic carbocycles. The van der Waals surface area contributed by atoms with Gasteiger partial charge in [0.05, 0.1) is 21.6 Å². The van der Waals surface area contributed by atoms with Crippen molar-refractivity contribution in [2.75, 3.05) is 0 Å². The fourth-order valence-corrected chi connectivity index (χ4v) is 2.44. The van der Waals surface area contributed by atoms with Gasteiger partial charge in [0.2, 0.25) is 0 Å². The highest BCUT2D eigenvalue weighted by atomic mass is 35.5. The number of benzene rings is 2. The lowest BCUT2D eigenvalue weighted by Gasteiger charge is -1.94. The number of hydrogen-bond donors (Lipinski definition) is 0. The van der Waals surface area contributed by atoms with Crippen LogP contribution in [0.2, 0.25) is 5.02 Å². The van der Waals surface area contributed by atoms with Crippen LogP contribution in [0.1, 0.15) is 0 Å². The molecule has 0 bridgehead atoms. The average molecular weight is 243 g/mol. The summed E-state index contributed by atoms with van der Waals surface area (Å²) in [4.78, 5) is 4.43. The van der Waals surface area contributed by atoms with Crippen LogP contribution in [0, 0.1) is 0 Å². The number of fused-ring (bicyclic) bond motifs is 5. The molecular weight excluding hydrogens is 236 g/mol. The van der Waals surface area contributed by atoms with Gasteiger partial charge in [-0.1, -0.05) is 29.8 Å². The molecule has 4 rings (SSSR count). The molecule has 2 aromatic heterocycles. The van der Waals surface area contributed by atoms with Gasteiger partial charge in [-0.3, -0.25) is 4.40 Å². The molecule has 82 valence electrons. The lowest BCUT2D eigenvalue weighted by Crippen LogP contribution is -1.80. The molecule has 0 atom stereocenters. The van der Waals surface area contributed by atoms with E-state index in [1.54, 1.807) is 0 Å². The van der Waals surface area contributed by atoms with E-state index in [9.17, 15) is 0 Å². The highest BCUT2D eigenvalue weighted by Gasteiger charge is 2.13. The van der Waals surface area contributed by atoms with E-state index in [4.69, 9.17) is 16.0 Å². The van der Waals surface area contributed by atoms with Gasteiger partial charge in [-0.05, 0) is 24.3 Å². The van der Waals surface area contributed by atoms with Crippen molar-refractivity contribution >= 4 is 39.6 Å². The number of halogens is 1. The summed E-state index contributed by atoms with van der Waals surface area (Å²) in [6, 6.07) is 13.5. The second-order valence-corrected chi connectivity index (χ2v) is 4.31. The van der Waals surface area contributed by atoms with Crippen LogP contribution in [-0.2, 0) is 0 Å².